The Morgan fingerprint density at radius 1 is 1.30 bits per heavy atom. The zero-order chi connectivity index (χ0) is 24.4. The van der Waals surface area contributed by atoms with E-state index in [2.05, 4.69) is 19.9 Å². The lowest BCUT2D eigenvalue weighted by Gasteiger charge is -2.38. The molecule has 1 saturated heterocycles. The summed E-state index contributed by atoms with van der Waals surface area (Å²) in [7, 11) is 0. The summed E-state index contributed by atoms with van der Waals surface area (Å²) in [5.74, 6) is 0.0688. The fourth-order valence-corrected chi connectivity index (χ4v) is 4.19. The van der Waals surface area contributed by atoms with Gasteiger partial charge in [-0.15, -0.1) is 0 Å². The smallest absolute Gasteiger partial charge is 0.331 e. The first-order valence-electron chi connectivity index (χ1n) is 11.9. The molecule has 0 aromatic carbocycles. The van der Waals surface area contributed by atoms with Gasteiger partial charge < -0.3 is 19.7 Å². The van der Waals surface area contributed by atoms with Crippen molar-refractivity contribution in [3.05, 3.63) is 71.9 Å². The first-order chi connectivity index (χ1) is 15.7. The first kappa shape index (κ1) is 27.0. The second-order valence-electron chi connectivity index (χ2n) is 9.28. The lowest BCUT2D eigenvalue weighted by molar-refractivity contribution is -0.141. The highest BCUT2D eigenvalue weighted by Gasteiger charge is 2.35. The molecule has 2 rings (SSSR count). The molecule has 7 atom stereocenters. The fourth-order valence-electron chi connectivity index (χ4n) is 4.19. The largest absolute Gasteiger partial charge is 0.455 e. The second-order valence-corrected chi connectivity index (χ2v) is 9.28. The Kier molecular flexibility index (Phi) is 11.0. The number of hydrogen-bond acceptors (Lipinski definition) is 5. The van der Waals surface area contributed by atoms with Gasteiger partial charge >= 0.3 is 5.97 Å². The number of esters is 1. The van der Waals surface area contributed by atoms with Crippen LogP contribution in [0.1, 0.15) is 53.9 Å². The molecule has 2 aliphatic heterocycles. The summed E-state index contributed by atoms with van der Waals surface area (Å²) in [4.78, 5) is 11.3. The van der Waals surface area contributed by atoms with Crippen molar-refractivity contribution < 1.29 is 24.5 Å². The quantitative estimate of drug-likeness (QED) is 0.291. The van der Waals surface area contributed by atoms with Crippen molar-refractivity contribution in [2.24, 2.45) is 11.8 Å². The van der Waals surface area contributed by atoms with Crippen LogP contribution in [0.2, 0.25) is 0 Å². The number of hydrogen-bond donors (Lipinski definition) is 2. The highest BCUT2D eigenvalue weighted by molar-refractivity contribution is 5.82. The summed E-state index contributed by atoms with van der Waals surface area (Å²) in [6.07, 6.45) is 18.9. The summed E-state index contributed by atoms with van der Waals surface area (Å²) < 4.78 is 11.2. The Bertz CT molecular complexity index is 816. The van der Waals surface area contributed by atoms with Gasteiger partial charge in [0.2, 0.25) is 0 Å². The standard InChI is InChI=1S/C28H40O5/c1-6-9-26-22(5)25(30)18-27(33-26)24(29)12-7-10-19(2)16-21(4)17-20(3)14-15-23-11-8-13-28(31)32-23/h6-10,12-15,17,21-27,29-30H,11,16,18H2,1-5H3/b9-6+,12-7+,15-14+,19-10+,20-17-/t21-,22+,23-,24-,25-,26+,27?/m1/s1. The van der Waals surface area contributed by atoms with E-state index in [1.807, 2.05) is 63.3 Å². The third-order valence-corrected chi connectivity index (χ3v) is 6.04. The monoisotopic (exact) mass is 456 g/mol. The molecular formula is C28H40O5. The summed E-state index contributed by atoms with van der Waals surface area (Å²) in [6.45, 7) is 10.2. The van der Waals surface area contributed by atoms with Gasteiger partial charge in [-0.1, -0.05) is 73.6 Å². The maximum atomic E-state index is 11.3. The average molecular weight is 457 g/mol. The van der Waals surface area contributed by atoms with E-state index in [4.69, 9.17) is 9.47 Å². The van der Waals surface area contributed by atoms with Crippen LogP contribution in [0, 0.1) is 11.8 Å². The Morgan fingerprint density at radius 2 is 2.06 bits per heavy atom. The van der Waals surface area contributed by atoms with Crippen molar-refractivity contribution in [1.82, 2.24) is 0 Å². The van der Waals surface area contributed by atoms with Crippen LogP contribution in [-0.2, 0) is 14.3 Å². The number of aliphatic hydroxyl groups excluding tert-OH is 2. The minimum atomic E-state index is -0.766. The third-order valence-electron chi connectivity index (χ3n) is 6.04. The van der Waals surface area contributed by atoms with Gasteiger partial charge in [0.05, 0.1) is 24.4 Å². The lowest BCUT2D eigenvalue weighted by Crippen LogP contribution is -2.46. The first-order valence-corrected chi connectivity index (χ1v) is 11.9. The molecule has 0 amide bonds. The van der Waals surface area contributed by atoms with Crippen LogP contribution in [0.5, 0.6) is 0 Å². The Hall–Kier alpha value is -2.21. The number of aliphatic hydroxyl groups is 2. The van der Waals surface area contributed by atoms with Gasteiger partial charge in [0, 0.05) is 24.8 Å². The van der Waals surface area contributed by atoms with Gasteiger partial charge in [0.15, 0.2) is 0 Å². The molecule has 33 heavy (non-hydrogen) atoms. The van der Waals surface area contributed by atoms with E-state index in [1.165, 1.54) is 11.6 Å². The molecule has 0 saturated carbocycles. The molecule has 1 fully saturated rings. The molecule has 0 bridgehead atoms. The normalized spacial score (nSPS) is 31.5. The van der Waals surface area contributed by atoms with Gasteiger partial charge in [-0.2, -0.15) is 0 Å². The molecule has 0 aromatic rings. The van der Waals surface area contributed by atoms with Crippen LogP contribution in [0.3, 0.4) is 0 Å². The third kappa shape index (κ3) is 9.28. The molecule has 5 nitrogen and oxygen atoms in total. The Balaban J connectivity index is 1.85. The predicted molar refractivity (Wildman–Crippen MR) is 132 cm³/mol. The van der Waals surface area contributed by atoms with Gasteiger partial charge in [0.25, 0.3) is 0 Å². The van der Waals surface area contributed by atoms with Crippen LogP contribution in [0.25, 0.3) is 0 Å². The molecular weight excluding hydrogens is 416 g/mol. The van der Waals surface area contributed by atoms with Crippen LogP contribution in [-0.4, -0.2) is 46.7 Å². The highest BCUT2D eigenvalue weighted by Crippen LogP contribution is 2.28. The van der Waals surface area contributed by atoms with E-state index in [0.717, 1.165) is 12.0 Å². The molecule has 0 radical (unpaired) electrons. The maximum Gasteiger partial charge on any atom is 0.331 e. The second kappa shape index (κ2) is 13.5. The summed E-state index contributed by atoms with van der Waals surface area (Å²) >= 11 is 0. The molecule has 5 heteroatoms. The van der Waals surface area contributed by atoms with E-state index in [0.29, 0.717) is 18.8 Å². The highest BCUT2D eigenvalue weighted by atomic mass is 16.5. The van der Waals surface area contributed by atoms with Gasteiger partial charge in [-0.25, -0.2) is 4.79 Å². The topological polar surface area (TPSA) is 76.0 Å². The number of carbonyl (C=O) groups is 1. The molecule has 0 spiro atoms. The molecule has 0 aliphatic carbocycles. The van der Waals surface area contributed by atoms with E-state index in [1.54, 1.807) is 6.08 Å². The van der Waals surface area contributed by atoms with Crippen LogP contribution in [0.15, 0.2) is 71.9 Å². The van der Waals surface area contributed by atoms with Crippen LogP contribution in [0.4, 0.5) is 0 Å². The maximum absolute atomic E-state index is 11.3. The van der Waals surface area contributed by atoms with Crippen molar-refractivity contribution in [1.29, 1.82) is 0 Å². The zero-order valence-corrected chi connectivity index (χ0v) is 20.6. The number of rotatable bonds is 9. The number of cyclic esters (lactones) is 1. The zero-order valence-electron chi connectivity index (χ0n) is 20.6. The van der Waals surface area contributed by atoms with E-state index in [-0.39, 0.29) is 24.1 Å². The molecule has 182 valence electrons. The molecule has 1 unspecified atom stereocenters. The van der Waals surface area contributed by atoms with E-state index < -0.39 is 18.3 Å². The average Bonchev–Trinajstić information content (AvgIpc) is 2.75. The SMILES string of the molecule is C/C=C/[C@@H]1OC([C@H](O)/C=C/C=C(\C)C[C@@H](C)/C=C(C)\C=C\[C@H]2CC=CC(=O)O2)C[C@@H](O)[C@@H]1C. The van der Waals surface area contributed by atoms with Crippen LogP contribution >= 0.6 is 0 Å². The lowest BCUT2D eigenvalue weighted by atomic mass is 9.88. The van der Waals surface area contributed by atoms with Crippen molar-refractivity contribution in [3.63, 3.8) is 0 Å². The van der Waals surface area contributed by atoms with Crippen molar-refractivity contribution in [2.75, 3.05) is 0 Å². The molecule has 2 N–H and O–H groups in total. The Labute approximate surface area is 198 Å². The Morgan fingerprint density at radius 3 is 2.76 bits per heavy atom. The fraction of sp³-hybridized carbons (Fsp3) is 0.536. The molecule has 2 heterocycles. The number of allylic oxidation sites excluding steroid dienone is 7. The number of ether oxygens (including phenoxy) is 2. The predicted octanol–water partition coefficient (Wildman–Crippen LogP) is 4.98. The van der Waals surface area contributed by atoms with Crippen LogP contribution < -0.4 is 0 Å². The van der Waals surface area contributed by atoms with Gasteiger partial charge in [-0.05, 0) is 39.2 Å². The summed E-state index contributed by atoms with van der Waals surface area (Å²) in [6, 6.07) is 0. The van der Waals surface area contributed by atoms with Gasteiger partial charge in [0.1, 0.15) is 6.10 Å². The molecule has 2 aliphatic rings. The summed E-state index contributed by atoms with van der Waals surface area (Å²) in [5.41, 5.74) is 2.33. The van der Waals surface area contributed by atoms with E-state index in [9.17, 15) is 15.0 Å². The minimum Gasteiger partial charge on any atom is -0.455 e. The van der Waals surface area contributed by atoms with Crippen molar-refractivity contribution in [2.45, 2.75) is 84.4 Å². The van der Waals surface area contributed by atoms with Crippen molar-refractivity contribution in [3.8, 4) is 0 Å². The number of carbonyl (C=O) groups excluding carboxylic acids is 1. The van der Waals surface area contributed by atoms with Gasteiger partial charge in [-0.3, -0.25) is 0 Å². The van der Waals surface area contributed by atoms with E-state index >= 15 is 0 Å². The molecule has 0 aromatic heterocycles. The minimum absolute atomic E-state index is 0.0122. The van der Waals surface area contributed by atoms with Crippen molar-refractivity contribution >= 4 is 5.97 Å². The summed E-state index contributed by atoms with van der Waals surface area (Å²) in [5, 5.41) is 20.8.